The zero-order valence-electron chi connectivity index (χ0n) is 11.2. The van der Waals surface area contributed by atoms with Crippen molar-refractivity contribution in [1.29, 1.82) is 0 Å². The maximum absolute atomic E-state index is 13.6. The van der Waals surface area contributed by atoms with E-state index in [0.29, 0.717) is 23.1 Å². The van der Waals surface area contributed by atoms with Crippen LogP contribution in [0.3, 0.4) is 0 Å². The maximum atomic E-state index is 13.6. The Morgan fingerprint density at radius 1 is 1.48 bits per heavy atom. The van der Waals surface area contributed by atoms with E-state index in [-0.39, 0.29) is 10.8 Å². The molecule has 2 rings (SSSR count). The third kappa shape index (κ3) is 3.74. The van der Waals surface area contributed by atoms with Gasteiger partial charge in [0, 0.05) is 6.42 Å². The lowest BCUT2D eigenvalue weighted by atomic mass is 10.2. The molecule has 2 aromatic rings. The minimum Gasteiger partial charge on any atom is -0.481 e. The summed E-state index contributed by atoms with van der Waals surface area (Å²) in [6.45, 7) is 1.99. The van der Waals surface area contributed by atoms with Crippen LogP contribution in [0.15, 0.2) is 23.4 Å². The van der Waals surface area contributed by atoms with Crippen molar-refractivity contribution in [3.05, 3.63) is 34.9 Å². The molecule has 0 aliphatic rings. The molecular weight excluding hydrogens is 317 g/mol. The maximum Gasteiger partial charge on any atom is 0.313 e. The Morgan fingerprint density at radius 3 is 2.86 bits per heavy atom. The number of hydrogen-bond acceptors (Lipinski definition) is 4. The van der Waals surface area contributed by atoms with E-state index >= 15 is 0 Å². The molecule has 1 heterocycles. The second-order valence-electron chi connectivity index (χ2n) is 4.27. The van der Waals surface area contributed by atoms with Gasteiger partial charge in [-0.15, -0.1) is 10.2 Å². The van der Waals surface area contributed by atoms with Gasteiger partial charge in [0.25, 0.3) is 0 Å². The SMILES string of the molecule is CCCc1nnc(SCC(=O)O)n1-c1ccc(Cl)c(F)c1. The van der Waals surface area contributed by atoms with Gasteiger partial charge in [0.1, 0.15) is 11.6 Å². The number of carbonyl (C=O) groups is 1. The molecule has 8 heteroatoms. The van der Waals surface area contributed by atoms with E-state index in [9.17, 15) is 9.18 Å². The van der Waals surface area contributed by atoms with Gasteiger partial charge in [-0.3, -0.25) is 9.36 Å². The van der Waals surface area contributed by atoms with Gasteiger partial charge in [0.2, 0.25) is 0 Å². The molecule has 0 amide bonds. The van der Waals surface area contributed by atoms with Crippen molar-refractivity contribution in [3.63, 3.8) is 0 Å². The van der Waals surface area contributed by atoms with Gasteiger partial charge in [0.15, 0.2) is 5.16 Å². The highest BCUT2D eigenvalue weighted by molar-refractivity contribution is 7.99. The van der Waals surface area contributed by atoms with Gasteiger partial charge < -0.3 is 5.11 Å². The second kappa shape index (κ2) is 6.91. The number of aryl methyl sites for hydroxylation is 1. The van der Waals surface area contributed by atoms with Crippen molar-refractivity contribution in [3.8, 4) is 5.69 Å². The quantitative estimate of drug-likeness (QED) is 0.824. The van der Waals surface area contributed by atoms with E-state index in [0.717, 1.165) is 18.2 Å². The van der Waals surface area contributed by atoms with Crippen LogP contribution in [0.1, 0.15) is 19.2 Å². The van der Waals surface area contributed by atoms with Crippen LogP contribution in [0, 0.1) is 5.82 Å². The molecular formula is C13H13ClFN3O2S. The number of rotatable bonds is 6. The first-order chi connectivity index (χ1) is 10.0. The molecule has 0 bridgehead atoms. The monoisotopic (exact) mass is 329 g/mol. The van der Waals surface area contributed by atoms with Crippen LogP contribution in [-0.2, 0) is 11.2 Å². The molecule has 0 spiro atoms. The van der Waals surface area contributed by atoms with Crippen molar-refractivity contribution in [1.82, 2.24) is 14.8 Å². The van der Waals surface area contributed by atoms with Gasteiger partial charge in [-0.05, 0) is 24.6 Å². The molecule has 0 fully saturated rings. The van der Waals surface area contributed by atoms with E-state index in [1.807, 2.05) is 6.92 Å². The van der Waals surface area contributed by atoms with E-state index in [2.05, 4.69) is 10.2 Å². The number of halogens is 2. The largest absolute Gasteiger partial charge is 0.481 e. The molecule has 0 saturated carbocycles. The molecule has 0 saturated heterocycles. The minimum absolute atomic E-state index is 0.0311. The van der Waals surface area contributed by atoms with Gasteiger partial charge in [-0.25, -0.2) is 4.39 Å². The summed E-state index contributed by atoms with van der Waals surface area (Å²) in [5, 5.41) is 17.3. The molecule has 0 aliphatic carbocycles. The standard InChI is InChI=1S/C13H13ClFN3O2S/c1-2-3-11-16-17-13(21-7-12(19)20)18(11)8-4-5-9(14)10(15)6-8/h4-6H,2-3,7H2,1H3,(H,19,20). The van der Waals surface area contributed by atoms with Crippen molar-refractivity contribution in [2.24, 2.45) is 0 Å². The zero-order chi connectivity index (χ0) is 15.4. The van der Waals surface area contributed by atoms with Crippen LogP contribution in [0.2, 0.25) is 5.02 Å². The summed E-state index contributed by atoms with van der Waals surface area (Å²) in [4.78, 5) is 10.7. The predicted octanol–water partition coefficient (Wildman–Crippen LogP) is 3.19. The summed E-state index contributed by atoms with van der Waals surface area (Å²) >= 11 is 6.73. The number of thioether (sulfide) groups is 1. The highest BCUT2D eigenvalue weighted by atomic mass is 35.5. The van der Waals surface area contributed by atoms with Crippen LogP contribution in [0.25, 0.3) is 5.69 Å². The highest BCUT2D eigenvalue weighted by Gasteiger charge is 2.16. The van der Waals surface area contributed by atoms with Gasteiger partial charge in [0.05, 0.1) is 16.5 Å². The Balaban J connectivity index is 2.44. The highest BCUT2D eigenvalue weighted by Crippen LogP contribution is 2.25. The fourth-order valence-corrected chi connectivity index (χ4v) is 2.60. The Labute approximate surface area is 130 Å². The normalized spacial score (nSPS) is 10.8. The number of carboxylic acid groups (broad SMARTS) is 1. The molecule has 0 unspecified atom stereocenters. The lowest BCUT2D eigenvalue weighted by molar-refractivity contribution is -0.133. The number of benzene rings is 1. The average molecular weight is 330 g/mol. The number of carboxylic acids is 1. The zero-order valence-corrected chi connectivity index (χ0v) is 12.8. The Hall–Kier alpha value is -1.60. The molecule has 5 nitrogen and oxygen atoms in total. The van der Waals surface area contributed by atoms with Crippen LogP contribution in [0.4, 0.5) is 4.39 Å². The van der Waals surface area contributed by atoms with Crippen molar-refractivity contribution < 1.29 is 14.3 Å². The summed E-state index contributed by atoms with van der Waals surface area (Å²) in [6, 6.07) is 4.39. The number of aromatic nitrogens is 3. The first-order valence-corrected chi connectivity index (χ1v) is 7.63. The first kappa shape index (κ1) is 15.8. The second-order valence-corrected chi connectivity index (χ2v) is 5.61. The molecule has 1 N–H and O–H groups in total. The smallest absolute Gasteiger partial charge is 0.313 e. The number of nitrogens with zero attached hydrogens (tertiary/aromatic N) is 3. The lowest BCUT2D eigenvalue weighted by Crippen LogP contribution is -2.05. The van der Waals surface area contributed by atoms with Crippen molar-refractivity contribution >= 4 is 29.3 Å². The number of hydrogen-bond donors (Lipinski definition) is 1. The van der Waals surface area contributed by atoms with Crippen LogP contribution < -0.4 is 0 Å². The fraction of sp³-hybridized carbons (Fsp3) is 0.308. The molecule has 0 radical (unpaired) electrons. The van der Waals surface area contributed by atoms with E-state index < -0.39 is 11.8 Å². The van der Waals surface area contributed by atoms with Crippen LogP contribution in [-0.4, -0.2) is 31.6 Å². The van der Waals surface area contributed by atoms with E-state index in [4.69, 9.17) is 16.7 Å². The predicted molar refractivity (Wildman–Crippen MR) is 78.7 cm³/mol. The van der Waals surface area contributed by atoms with E-state index in [1.165, 1.54) is 12.1 Å². The van der Waals surface area contributed by atoms with Crippen LogP contribution in [0.5, 0.6) is 0 Å². The van der Waals surface area contributed by atoms with E-state index in [1.54, 1.807) is 10.6 Å². The Bertz CT molecular complexity index is 663. The topological polar surface area (TPSA) is 68.0 Å². The first-order valence-electron chi connectivity index (χ1n) is 6.27. The number of aliphatic carboxylic acids is 1. The summed E-state index contributed by atoms with van der Waals surface area (Å²) in [5.74, 6) is -0.971. The molecule has 1 aromatic heterocycles. The molecule has 21 heavy (non-hydrogen) atoms. The molecule has 112 valence electrons. The third-order valence-corrected chi connectivity index (χ3v) is 3.88. The third-order valence-electron chi connectivity index (χ3n) is 2.66. The van der Waals surface area contributed by atoms with Crippen LogP contribution >= 0.6 is 23.4 Å². The Morgan fingerprint density at radius 2 is 2.24 bits per heavy atom. The van der Waals surface area contributed by atoms with Gasteiger partial charge in [-0.1, -0.05) is 30.3 Å². The molecule has 0 aliphatic heterocycles. The summed E-state index contributed by atoms with van der Waals surface area (Å²) in [5.41, 5.74) is 0.526. The van der Waals surface area contributed by atoms with Gasteiger partial charge in [-0.2, -0.15) is 0 Å². The van der Waals surface area contributed by atoms with Crippen molar-refractivity contribution in [2.45, 2.75) is 24.9 Å². The fourth-order valence-electron chi connectivity index (χ4n) is 1.79. The molecule has 0 atom stereocenters. The summed E-state index contributed by atoms with van der Waals surface area (Å²) < 4.78 is 15.3. The van der Waals surface area contributed by atoms with Crippen molar-refractivity contribution in [2.75, 3.05) is 5.75 Å². The lowest BCUT2D eigenvalue weighted by Gasteiger charge is -2.10. The average Bonchev–Trinajstić information content (AvgIpc) is 2.83. The molecule has 1 aromatic carbocycles. The summed E-state index contributed by atoms with van der Waals surface area (Å²) in [6.07, 6.45) is 1.50. The Kier molecular flexibility index (Phi) is 5.19. The minimum atomic E-state index is -0.950. The van der Waals surface area contributed by atoms with Gasteiger partial charge >= 0.3 is 5.97 Å². The summed E-state index contributed by atoms with van der Waals surface area (Å²) in [7, 11) is 0.